The number of hydrogen-bond acceptors (Lipinski definition) is 3. The Morgan fingerprint density at radius 2 is 2.14 bits per heavy atom. The van der Waals surface area contributed by atoms with Gasteiger partial charge >= 0.3 is 0 Å². The number of halogens is 1. The molecule has 1 aliphatic carbocycles. The summed E-state index contributed by atoms with van der Waals surface area (Å²) < 4.78 is 19.1. The van der Waals surface area contributed by atoms with Gasteiger partial charge in [0.25, 0.3) is 0 Å². The molecule has 1 atom stereocenters. The summed E-state index contributed by atoms with van der Waals surface area (Å²) >= 11 is 1.67. The van der Waals surface area contributed by atoms with Gasteiger partial charge in [0.15, 0.2) is 11.6 Å². The summed E-state index contributed by atoms with van der Waals surface area (Å²) in [7, 11) is 1.45. The van der Waals surface area contributed by atoms with Crippen LogP contribution in [-0.4, -0.2) is 12.2 Å². The number of thiophene rings is 1. The summed E-state index contributed by atoms with van der Waals surface area (Å²) in [4.78, 5) is 2.34. The molecule has 1 aromatic carbocycles. The maximum atomic E-state index is 14.1. The van der Waals surface area contributed by atoms with Gasteiger partial charge in [0.2, 0.25) is 0 Å². The number of fused-ring (bicyclic) bond motifs is 1. The quantitative estimate of drug-likeness (QED) is 0.923. The van der Waals surface area contributed by atoms with E-state index in [4.69, 9.17) is 4.74 Å². The molecule has 1 aliphatic rings. The van der Waals surface area contributed by atoms with Crippen molar-refractivity contribution in [2.24, 2.45) is 0 Å². The molecule has 0 aliphatic heterocycles. The van der Waals surface area contributed by atoms with Crippen molar-refractivity contribution >= 4 is 11.3 Å². The molecular formula is C17H19FO2S. The molecule has 0 spiro atoms. The van der Waals surface area contributed by atoms with Crippen LogP contribution in [0.2, 0.25) is 0 Å². The summed E-state index contributed by atoms with van der Waals surface area (Å²) in [5.41, 5.74) is 1.86. The molecular weight excluding hydrogens is 287 g/mol. The molecule has 21 heavy (non-hydrogen) atoms. The molecule has 1 N–H and O–H groups in total. The first kappa shape index (κ1) is 14.5. The fourth-order valence-corrected chi connectivity index (χ4v) is 4.10. The molecule has 2 aromatic rings. The van der Waals surface area contributed by atoms with Crippen molar-refractivity contribution in [3.8, 4) is 5.75 Å². The average molecular weight is 306 g/mol. The minimum absolute atomic E-state index is 0.227. The number of methoxy groups -OCH3 is 1. The highest BCUT2D eigenvalue weighted by Crippen LogP contribution is 2.34. The highest BCUT2D eigenvalue weighted by Gasteiger charge is 2.19. The molecule has 4 heteroatoms. The predicted molar refractivity (Wildman–Crippen MR) is 82.6 cm³/mol. The maximum Gasteiger partial charge on any atom is 0.168 e. The number of aliphatic hydroxyl groups is 1. The van der Waals surface area contributed by atoms with Crippen molar-refractivity contribution in [3.05, 3.63) is 51.0 Å². The van der Waals surface area contributed by atoms with Gasteiger partial charge in [-0.1, -0.05) is 12.1 Å². The molecule has 1 heterocycles. The van der Waals surface area contributed by atoms with E-state index >= 15 is 0 Å². The first-order chi connectivity index (χ1) is 10.2. The normalized spacial score (nSPS) is 15.6. The second-order valence-electron chi connectivity index (χ2n) is 5.46. The van der Waals surface area contributed by atoms with Gasteiger partial charge in [-0.15, -0.1) is 11.3 Å². The van der Waals surface area contributed by atoms with Gasteiger partial charge in [0.05, 0.1) is 13.2 Å². The highest BCUT2D eigenvalue weighted by molar-refractivity contribution is 7.12. The zero-order chi connectivity index (χ0) is 14.8. The van der Waals surface area contributed by atoms with Crippen molar-refractivity contribution in [1.29, 1.82) is 0 Å². The smallest absolute Gasteiger partial charge is 0.168 e. The second-order valence-corrected chi connectivity index (χ2v) is 6.63. The van der Waals surface area contributed by atoms with E-state index in [1.54, 1.807) is 29.5 Å². The molecule has 1 aromatic heterocycles. The summed E-state index contributed by atoms with van der Waals surface area (Å²) in [5.74, 6) is -0.148. The Kier molecular flexibility index (Phi) is 4.27. The Labute approximate surface area is 128 Å². The van der Waals surface area contributed by atoms with E-state index in [2.05, 4.69) is 6.07 Å². The Morgan fingerprint density at radius 1 is 1.33 bits per heavy atom. The first-order valence-corrected chi connectivity index (χ1v) is 8.11. The van der Waals surface area contributed by atoms with E-state index in [0.717, 1.165) is 17.7 Å². The van der Waals surface area contributed by atoms with Crippen LogP contribution in [0.5, 0.6) is 5.75 Å². The third-order valence-electron chi connectivity index (χ3n) is 4.02. The average Bonchev–Trinajstić information content (AvgIpc) is 2.93. The van der Waals surface area contributed by atoms with Gasteiger partial charge in [-0.25, -0.2) is 4.39 Å². The lowest BCUT2D eigenvalue weighted by atomic mass is 9.98. The molecule has 0 fully saturated rings. The van der Waals surface area contributed by atoms with Crippen molar-refractivity contribution in [3.63, 3.8) is 0 Å². The maximum absolute atomic E-state index is 14.1. The Morgan fingerprint density at radius 3 is 2.90 bits per heavy atom. The molecule has 0 amide bonds. The third kappa shape index (κ3) is 2.97. The molecule has 0 saturated heterocycles. The van der Waals surface area contributed by atoms with E-state index in [-0.39, 0.29) is 18.0 Å². The molecule has 0 saturated carbocycles. The van der Waals surface area contributed by atoms with E-state index < -0.39 is 6.10 Å². The van der Waals surface area contributed by atoms with Gasteiger partial charge in [-0.05, 0) is 48.9 Å². The molecule has 112 valence electrons. The Bertz CT molecular complexity index is 612. The van der Waals surface area contributed by atoms with E-state index in [1.165, 1.54) is 30.4 Å². The van der Waals surface area contributed by atoms with Crippen LogP contribution in [-0.2, 0) is 19.3 Å². The Balaban J connectivity index is 1.80. The number of aliphatic hydroxyl groups excluding tert-OH is 1. The van der Waals surface area contributed by atoms with Crippen LogP contribution < -0.4 is 4.74 Å². The lowest BCUT2D eigenvalue weighted by Gasteiger charge is -2.11. The van der Waals surface area contributed by atoms with Crippen LogP contribution in [0, 0.1) is 5.82 Å². The van der Waals surface area contributed by atoms with Gasteiger partial charge in [0, 0.05) is 16.2 Å². The number of hydrogen-bond donors (Lipinski definition) is 1. The zero-order valence-corrected chi connectivity index (χ0v) is 12.9. The van der Waals surface area contributed by atoms with E-state index in [1.807, 2.05) is 0 Å². The lowest BCUT2D eigenvalue weighted by molar-refractivity contribution is 0.180. The van der Waals surface area contributed by atoms with Crippen molar-refractivity contribution < 1.29 is 14.2 Å². The highest BCUT2D eigenvalue weighted by atomic mass is 32.1. The standard InChI is InChI=1S/C17H19FO2S/c1-20-14-7-4-6-12(17(14)18)9-13(19)16-10-11-5-2-3-8-15(11)21-16/h4,6-7,10,13,19H,2-3,5,8-9H2,1H3. The summed E-state index contributed by atoms with van der Waals surface area (Å²) in [6, 6.07) is 7.15. The molecule has 0 radical (unpaired) electrons. The lowest BCUT2D eigenvalue weighted by Crippen LogP contribution is -2.03. The summed E-state index contributed by atoms with van der Waals surface area (Å²) in [6.07, 6.45) is 4.30. The Hall–Kier alpha value is -1.39. The van der Waals surface area contributed by atoms with Gasteiger partial charge in [-0.2, -0.15) is 0 Å². The summed E-state index contributed by atoms with van der Waals surface area (Å²) in [5, 5.41) is 10.4. The molecule has 2 nitrogen and oxygen atoms in total. The van der Waals surface area contributed by atoms with Crippen LogP contribution in [0.3, 0.4) is 0 Å². The molecule has 3 rings (SSSR count). The van der Waals surface area contributed by atoms with Crippen LogP contribution >= 0.6 is 11.3 Å². The minimum Gasteiger partial charge on any atom is -0.494 e. The van der Waals surface area contributed by atoms with Gasteiger partial charge in [0.1, 0.15) is 0 Å². The van der Waals surface area contributed by atoms with Gasteiger partial charge in [-0.3, -0.25) is 0 Å². The number of rotatable bonds is 4. The number of ether oxygens (including phenoxy) is 1. The second kappa shape index (κ2) is 6.16. The van der Waals surface area contributed by atoms with Crippen LogP contribution in [0.1, 0.15) is 39.8 Å². The predicted octanol–water partition coefficient (Wildman–Crippen LogP) is 4.05. The molecule has 0 bridgehead atoms. The monoisotopic (exact) mass is 306 g/mol. The first-order valence-electron chi connectivity index (χ1n) is 7.30. The topological polar surface area (TPSA) is 29.5 Å². The number of aryl methyl sites for hydroxylation is 2. The molecule has 1 unspecified atom stereocenters. The van der Waals surface area contributed by atoms with Crippen molar-refractivity contribution in [2.45, 2.75) is 38.2 Å². The van der Waals surface area contributed by atoms with Crippen LogP contribution in [0.15, 0.2) is 24.3 Å². The fourth-order valence-electron chi connectivity index (χ4n) is 2.86. The van der Waals surface area contributed by atoms with E-state index in [0.29, 0.717) is 5.56 Å². The fraction of sp³-hybridized carbons (Fsp3) is 0.412. The third-order valence-corrected chi connectivity index (χ3v) is 5.36. The van der Waals surface area contributed by atoms with Crippen LogP contribution in [0.4, 0.5) is 4.39 Å². The zero-order valence-electron chi connectivity index (χ0n) is 12.1. The SMILES string of the molecule is COc1cccc(CC(O)c2cc3c(s2)CCCC3)c1F. The van der Waals surface area contributed by atoms with Crippen molar-refractivity contribution in [2.75, 3.05) is 7.11 Å². The van der Waals surface area contributed by atoms with Gasteiger partial charge < -0.3 is 9.84 Å². The minimum atomic E-state index is -0.651. The number of benzene rings is 1. The van der Waals surface area contributed by atoms with Crippen LogP contribution in [0.25, 0.3) is 0 Å². The summed E-state index contributed by atoms with van der Waals surface area (Å²) in [6.45, 7) is 0. The van der Waals surface area contributed by atoms with E-state index in [9.17, 15) is 9.50 Å². The largest absolute Gasteiger partial charge is 0.494 e. The van der Waals surface area contributed by atoms with Crippen molar-refractivity contribution in [1.82, 2.24) is 0 Å².